The highest BCUT2D eigenvalue weighted by molar-refractivity contribution is 6.03. The number of hydrogen-bond donors (Lipinski definition) is 2. The molecule has 2 aromatic heterocycles. The summed E-state index contributed by atoms with van der Waals surface area (Å²) in [7, 11) is 0. The molecule has 1 fully saturated rings. The van der Waals surface area contributed by atoms with Crippen LogP contribution in [0.15, 0.2) is 18.7 Å². The van der Waals surface area contributed by atoms with Crippen molar-refractivity contribution in [3.8, 4) is 0 Å². The molecule has 6 heteroatoms. The zero-order chi connectivity index (χ0) is 11.0. The van der Waals surface area contributed by atoms with Gasteiger partial charge in [-0.1, -0.05) is 0 Å². The van der Waals surface area contributed by atoms with E-state index in [9.17, 15) is 4.79 Å². The molecule has 0 unspecified atom stereocenters. The van der Waals surface area contributed by atoms with E-state index in [0.29, 0.717) is 13.1 Å². The number of amides is 1. The smallest absolute Gasteiger partial charge is 0.241 e. The van der Waals surface area contributed by atoms with Gasteiger partial charge in [0.1, 0.15) is 12.0 Å². The number of nitrogens with zero attached hydrogens (tertiary/aromatic N) is 3. The van der Waals surface area contributed by atoms with Crippen LogP contribution < -0.4 is 10.2 Å². The van der Waals surface area contributed by atoms with E-state index in [1.165, 1.54) is 6.33 Å². The second kappa shape index (κ2) is 3.57. The lowest BCUT2D eigenvalue weighted by Crippen LogP contribution is -2.48. The van der Waals surface area contributed by atoms with E-state index in [-0.39, 0.29) is 5.91 Å². The van der Waals surface area contributed by atoms with Gasteiger partial charge in [0.25, 0.3) is 0 Å². The Labute approximate surface area is 91.7 Å². The molecule has 0 aromatic carbocycles. The summed E-state index contributed by atoms with van der Waals surface area (Å²) in [5.41, 5.74) is 1.62. The van der Waals surface area contributed by atoms with Crippen LogP contribution in [-0.4, -0.2) is 40.5 Å². The molecule has 3 heterocycles. The average Bonchev–Trinajstić information content (AvgIpc) is 2.74. The second-order valence-electron chi connectivity index (χ2n) is 3.68. The maximum atomic E-state index is 11.7. The van der Waals surface area contributed by atoms with Gasteiger partial charge in [-0.15, -0.1) is 0 Å². The van der Waals surface area contributed by atoms with E-state index in [1.54, 1.807) is 11.1 Å². The fourth-order valence-corrected chi connectivity index (χ4v) is 1.93. The third-order valence-corrected chi connectivity index (χ3v) is 2.71. The van der Waals surface area contributed by atoms with Gasteiger partial charge in [0, 0.05) is 25.5 Å². The molecule has 16 heavy (non-hydrogen) atoms. The molecule has 0 bridgehead atoms. The Morgan fingerprint density at radius 2 is 2.38 bits per heavy atom. The SMILES string of the molecule is O=C1CNCCN1c1c[nH]c2ncncc12. The molecule has 1 aliphatic heterocycles. The standard InChI is InChI=1S/C10H11N5O/c16-9-5-11-1-2-15(9)8-4-13-10-7(8)3-12-6-14-10/h3-4,6,11H,1-2,5H2,(H,12,13,14). The minimum Gasteiger partial charge on any atom is -0.344 e. The molecule has 1 saturated heterocycles. The number of carbonyl (C=O) groups excluding carboxylic acids is 1. The van der Waals surface area contributed by atoms with E-state index in [4.69, 9.17) is 0 Å². The summed E-state index contributed by atoms with van der Waals surface area (Å²) < 4.78 is 0. The predicted octanol–water partition coefficient (Wildman–Crippen LogP) is -0.106. The Hall–Kier alpha value is -1.95. The lowest BCUT2D eigenvalue weighted by Gasteiger charge is -2.26. The van der Waals surface area contributed by atoms with E-state index in [2.05, 4.69) is 20.3 Å². The van der Waals surface area contributed by atoms with Crippen molar-refractivity contribution in [2.75, 3.05) is 24.5 Å². The number of aromatic nitrogens is 3. The topological polar surface area (TPSA) is 73.9 Å². The number of fused-ring (bicyclic) bond motifs is 1. The minimum absolute atomic E-state index is 0.0796. The van der Waals surface area contributed by atoms with Crippen LogP contribution in [0.5, 0.6) is 0 Å². The van der Waals surface area contributed by atoms with Crippen LogP contribution in [0, 0.1) is 0 Å². The largest absolute Gasteiger partial charge is 0.344 e. The Morgan fingerprint density at radius 3 is 3.25 bits per heavy atom. The maximum Gasteiger partial charge on any atom is 0.241 e. The first-order chi connectivity index (χ1) is 7.86. The monoisotopic (exact) mass is 217 g/mol. The molecule has 0 saturated carbocycles. The van der Waals surface area contributed by atoms with Crippen molar-refractivity contribution in [1.82, 2.24) is 20.3 Å². The van der Waals surface area contributed by atoms with Gasteiger partial charge >= 0.3 is 0 Å². The molecule has 0 atom stereocenters. The number of nitrogens with one attached hydrogen (secondary N) is 2. The normalized spacial score (nSPS) is 17.0. The summed E-state index contributed by atoms with van der Waals surface area (Å²) in [6, 6.07) is 0. The predicted molar refractivity (Wildman–Crippen MR) is 59.1 cm³/mol. The van der Waals surface area contributed by atoms with Crippen molar-refractivity contribution >= 4 is 22.6 Å². The zero-order valence-corrected chi connectivity index (χ0v) is 8.60. The fourth-order valence-electron chi connectivity index (χ4n) is 1.93. The second-order valence-corrected chi connectivity index (χ2v) is 3.68. The molecule has 1 amide bonds. The summed E-state index contributed by atoms with van der Waals surface area (Å²) in [5.74, 6) is 0.0796. The van der Waals surface area contributed by atoms with Crippen LogP contribution in [0.25, 0.3) is 11.0 Å². The van der Waals surface area contributed by atoms with Crippen LogP contribution in [0.4, 0.5) is 5.69 Å². The van der Waals surface area contributed by atoms with Gasteiger partial charge in [-0.05, 0) is 0 Å². The third kappa shape index (κ3) is 1.35. The summed E-state index contributed by atoms with van der Waals surface area (Å²) in [5, 5.41) is 3.93. The highest BCUT2D eigenvalue weighted by Gasteiger charge is 2.21. The first-order valence-corrected chi connectivity index (χ1v) is 5.14. The minimum atomic E-state index is 0.0796. The summed E-state index contributed by atoms with van der Waals surface area (Å²) in [4.78, 5) is 24.6. The van der Waals surface area contributed by atoms with Crippen LogP contribution in [0.1, 0.15) is 0 Å². The van der Waals surface area contributed by atoms with Gasteiger partial charge in [-0.25, -0.2) is 9.97 Å². The summed E-state index contributed by atoms with van der Waals surface area (Å²) in [6.07, 6.45) is 5.02. The number of piperazine rings is 1. The molecule has 3 rings (SSSR count). The molecule has 2 aromatic rings. The highest BCUT2D eigenvalue weighted by Crippen LogP contribution is 2.24. The summed E-state index contributed by atoms with van der Waals surface area (Å²) >= 11 is 0. The Bertz CT molecular complexity index is 535. The zero-order valence-electron chi connectivity index (χ0n) is 8.60. The number of anilines is 1. The molecule has 1 aliphatic rings. The van der Waals surface area contributed by atoms with E-state index >= 15 is 0 Å². The molecular weight excluding hydrogens is 206 g/mol. The number of hydrogen-bond acceptors (Lipinski definition) is 4. The van der Waals surface area contributed by atoms with Crippen LogP contribution >= 0.6 is 0 Å². The quantitative estimate of drug-likeness (QED) is 0.699. The van der Waals surface area contributed by atoms with Crippen LogP contribution in [-0.2, 0) is 4.79 Å². The lowest BCUT2D eigenvalue weighted by atomic mass is 10.2. The Balaban J connectivity index is 2.08. The number of H-pyrrole nitrogens is 1. The Morgan fingerprint density at radius 1 is 1.44 bits per heavy atom. The number of rotatable bonds is 1. The van der Waals surface area contributed by atoms with Gasteiger partial charge < -0.3 is 15.2 Å². The maximum absolute atomic E-state index is 11.7. The van der Waals surface area contributed by atoms with Gasteiger partial charge in [0.2, 0.25) is 5.91 Å². The van der Waals surface area contributed by atoms with Gasteiger partial charge in [0.15, 0.2) is 0 Å². The molecule has 82 valence electrons. The Kier molecular flexibility index (Phi) is 2.07. The average molecular weight is 217 g/mol. The summed E-state index contributed by atoms with van der Waals surface area (Å²) in [6.45, 7) is 1.88. The molecule has 0 spiro atoms. The number of aromatic amines is 1. The van der Waals surface area contributed by atoms with Crippen molar-refractivity contribution in [1.29, 1.82) is 0 Å². The van der Waals surface area contributed by atoms with Crippen molar-refractivity contribution in [3.63, 3.8) is 0 Å². The molecule has 0 radical (unpaired) electrons. The molecular formula is C10H11N5O. The first-order valence-electron chi connectivity index (χ1n) is 5.14. The van der Waals surface area contributed by atoms with Crippen LogP contribution in [0.2, 0.25) is 0 Å². The van der Waals surface area contributed by atoms with Crippen molar-refractivity contribution in [2.24, 2.45) is 0 Å². The van der Waals surface area contributed by atoms with E-state index < -0.39 is 0 Å². The van der Waals surface area contributed by atoms with Crippen molar-refractivity contribution in [3.05, 3.63) is 18.7 Å². The van der Waals surface area contributed by atoms with Gasteiger partial charge in [0.05, 0.1) is 17.6 Å². The first kappa shape index (κ1) is 9.29. The van der Waals surface area contributed by atoms with E-state index in [1.807, 2.05) is 6.20 Å². The van der Waals surface area contributed by atoms with Gasteiger partial charge in [-0.3, -0.25) is 4.79 Å². The van der Waals surface area contributed by atoms with Crippen LogP contribution in [0.3, 0.4) is 0 Å². The number of carbonyl (C=O) groups is 1. The molecule has 0 aliphatic carbocycles. The van der Waals surface area contributed by atoms with Crippen molar-refractivity contribution in [2.45, 2.75) is 0 Å². The van der Waals surface area contributed by atoms with Gasteiger partial charge in [-0.2, -0.15) is 0 Å². The molecule has 2 N–H and O–H groups in total. The molecule has 6 nitrogen and oxygen atoms in total. The van der Waals surface area contributed by atoms with Crippen molar-refractivity contribution < 1.29 is 4.79 Å². The van der Waals surface area contributed by atoms with E-state index in [0.717, 1.165) is 23.3 Å². The fraction of sp³-hybridized carbons (Fsp3) is 0.300. The highest BCUT2D eigenvalue weighted by atomic mass is 16.2. The third-order valence-electron chi connectivity index (χ3n) is 2.71. The lowest BCUT2D eigenvalue weighted by molar-refractivity contribution is -0.118.